The van der Waals surface area contributed by atoms with Crippen LogP contribution in [-0.2, 0) is 4.79 Å². The molecule has 2 N–H and O–H groups in total. The Morgan fingerprint density at radius 1 is 1.38 bits per heavy atom. The van der Waals surface area contributed by atoms with Crippen LogP contribution >= 0.6 is 0 Å². The van der Waals surface area contributed by atoms with Crippen molar-refractivity contribution in [2.45, 2.75) is 12.8 Å². The second kappa shape index (κ2) is 3.51. The Labute approximate surface area is 74.4 Å². The molecule has 13 heavy (non-hydrogen) atoms. The van der Waals surface area contributed by atoms with Crippen LogP contribution in [0.1, 0.15) is 18.4 Å². The van der Waals surface area contributed by atoms with E-state index in [-0.39, 0.29) is 0 Å². The first-order valence-corrected chi connectivity index (χ1v) is 3.76. The molecule has 1 unspecified atom stereocenters. The number of benzene rings is 1. The van der Waals surface area contributed by atoms with E-state index < -0.39 is 23.5 Å². The van der Waals surface area contributed by atoms with Crippen LogP contribution in [0.5, 0.6) is 0 Å². The molecule has 1 rings (SSSR count). The van der Waals surface area contributed by atoms with Gasteiger partial charge in [-0.1, -0.05) is 6.07 Å². The minimum absolute atomic E-state index is 0.381. The third-order valence-corrected chi connectivity index (χ3v) is 1.87. The maximum Gasteiger partial charge on any atom is 0.224 e. The fraction of sp³-hybridized carbons (Fsp3) is 0.222. The Morgan fingerprint density at radius 2 is 2.00 bits per heavy atom. The van der Waals surface area contributed by atoms with Crippen molar-refractivity contribution in [1.29, 1.82) is 0 Å². The highest BCUT2D eigenvalue weighted by Gasteiger charge is 2.13. The molecule has 1 amide bonds. The molecule has 0 heterocycles. The molecule has 70 valence electrons. The van der Waals surface area contributed by atoms with Crippen LogP contribution in [-0.4, -0.2) is 5.91 Å². The van der Waals surface area contributed by atoms with E-state index in [1.807, 2.05) is 0 Å². The summed E-state index contributed by atoms with van der Waals surface area (Å²) in [6.07, 6.45) is 0. The summed E-state index contributed by atoms with van der Waals surface area (Å²) in [5.41, 5.74) is 5.38. The van der Waals surface area contributed by atoms with Crippen LogP contribution in [0.25, 0.3) is 0 Å². The molecule has 0 aliphatic rings. The molecular formula is C9H9F2NO. The highest BCUT2D eigenvalue weighted by Crippen LogP contribution is 2.17. The SMILES string of the molecule is CC(C(N)=O)c1ccc(F)c(F)c1. The third-order valence-electron chi connectivity index (χ3n) is 1.87. The Hall–Kier alpha value is -1.45. The van der Waals surface area contributed by atoms with Crippen LogP contribution in [0.3, 0.4) is 0 Å². The average molecular weight is 185 g/mol. The summed E-state index contributed by atoms with van der Waals surface area (Å²) >= 11 is 0. The molecule has 0 saturated carbocycles. The fourth-order valence-electron chi connectivity index (χ4n) is 0.946. The van der Waals surface area contributed by atoms with Gasteiger partial charge in [-0.05, 0) is 24.6 Å². The number of primary amides is 1. The molecule has 0 radical (unpaired) electrons. The zero-order chi connectivity index (χ0) is 10.0. The van der Waals surface area contributed by atoms with Crippen LogP contribution in [0.4, 0.5) is 8.78 Å². The molecule has 0 aliphatic carbocycles. The van der Waals surface area contributed by atoms with Crippen molar-refractivity contribution in [3.8, 4) is 0 Å². The summed E-state index contributed by atoms with van der Waals surface area (Å²) in [4.78, 5) is 10.7. The lowest BCUT2D eigenvalue weighted by Crippen LogP contribution is -2.18. The molecule has 0 aromatic heterocycles. The van der Waals surface area contributed by atoms with E-state index in [0.717, 1.165) is 12.1 Å². The first kappa shape index (κ1) is 9.64. The minimum atomic E-state index is -0.967. The van der Waals surface area contributed by atoms with Gasteiger partial charge in [-0.2, -0.15) is 0 Å². The second-order valence-electron chi connectivity index (χ2n) is 2.80. The van der Waals surface area contributed by atoms with Crippen molar-refractivity contribution < 1.29 is 13.6 Å². The van der Waals surface area contributed by atoms with Gasteiger partial charge < -0.3 is 5.73 Å². The fourth-order valence-corrected chi connectivity index (χ4v) is 0.946. The summed E-state index contributed by atoms with van der Waals surface area (Å²) in [5, 5.41) is 0. The zero-order valence-corrected chi connectivity index (χ0v) is 7.05. The number of hydrogen-bond donors (Lipinski definition) is 1. The van der Waals surface area contributed by atoms with Crippen LogP contribution in [0.2, 0.25) is 0 Å². The Kier molecular flexibility index (Phi) is 2.60. The van der Waals surface area contributed by atoms with Crippen molar-refractivity contribution in [2.75, 3.05) is 0 Å². The first-order chi connectivity index (χ1) is 6.02. The van der Waals surface area contributed by atoms with E-state index in [2.05, 4.69) is 0 Å². The third kappa shape index (κ3) is 2.02. The largest absolute Gasteiger partial charge is 0.369 e. The molecule has 0 fully saturated rings. The van der Waals surface area contributed by atoms with Gasteiger partial charge in [-0.3, -0.25) is 4.79 Å². The van der Waals surface area contributed by atoms with Gasteiger partial charge in [0, 0.05) is 0 Å². The maximum absolute atomic E-state index is 12.7. The van der Waals surface area contributed by atoms with Gasteiger partial charge >= 0.3 is 0 Å². The molecule has 1 atom stereocenters. The normalized spacial score (nSPS) is 12.5. The smallest absolute Gasteiger partial charge is 0.224 e. The molecule has 4 heteroatoms. The van der Waals surface area contributed by atoms with E-state index in [4.69, 9.17) is 5.73 Å². The number of halogens is 2. The summed E-state index contributed by atoms with van der Waals surface area (Å²) in [5.74, 6) is -3.06. The standard InChI is InChI=1S/C9H9F2NO/c1-5(9(12)13)6-2-3-7(10)8(11)4-6/h2-5H,1H3,(H2,12,13). The predicted molar refractivity (Wildman–Crippen MR) is 44.0 cm³/mol. The van der Waals surface area contributed by atoms with E-state index in [1.54, 1.807) is 0 Å². The molecule has 1 aromatic carbocycles. The van der Waals surface area contributed by atoms with Crippen LogP contribution < -0.4 is 5.73 Å². The molecule has 1 aromatic rings. The predicted octanol–water partition coefficient (Wildman–Crippen LogP) is 1.55. The molecule has 0 aliphatic heterocycles. The second-order valence-corrected chi connectivity index (χ2v) is 2.80. The van der Waals surface area contributed by atoms with E-state index >= 15 is 0 Å². The summed E-state index contributed by atoms with van der Waals surface area (Å²) < 4.78 is 25.1. The zero-order valence-electron chi connectivity index (χ0n) is 7.05. The monoisotopic (exact) mass is 185 g/mol. The lowest BCUT2D eigenvalue weighted by molar-refractivity contribution is -0.119. The Bertz CT molecular complexity index is 338. The topological polar surface area (TPSA) is 43.1 Å². The quantitative estimate of drug-likeness (QED) is 0.746. The lowest BCUT2D eigenvalue weighted by atomic mass is 10.0. The summed E-state index contributed by atoms with van der Waals surface area (Å²) in [7, 11) is 0. The van der Waals surface area contributed by atoms with Gasteiger partial charge in [0.2, 0.25) is 5.91 Å². The average Bonchev–Trinajstić information content (AvgIpc) is 2.08. The number of rotatable bonds is 2. The van der Waals surface area contributed by atoms with Crippen LogP contribution in [0.15, 0.2) is 18.2 Å². The summed E-state index contributed by atoms with van der Waals surface area (Å²) in [6.45, 7) is 1.54. The number of carbonyl (C=O) groups is 1. The molecular weight excluding hydrogens is 176 g/mol. The van der Waals surface area contributed by atoms with Gasteiger partial charge in [-0.15, -0.1) is 0 Å². The first-order valence-electron chi connectivity index (χ1n) is 3.76. The van der Waals surface area contributed by atoms with Gasteiger partial charge in [0.1, 0.15) is 0 Å². The van der Waals surface area contributed by atoms with Gasteiger partial charge in [0.05, 0.1) is 5.92 Å². The number of nitrogens with two attached hydrogens (primary N) is 1. The molecule has 0 bridgehead atoms. The van der Waals surface area contributed by atoms with Crippen molar-refractivity contribution in [1.82, 2.24) is 0 Å². The molecule has 0 saturated heterocycles. The Balaban J connectivity index is 3.03. The molecule has 2 nitrogen and oxygen atoms in total. The number of carbonyl (C=O) groups excluding carboxylic acids is 1. The Morgan fingerprint density at radius 3 is 2.46 bits per heavy atom. The summed E-state index contributed by atoms with van der Waals surface area (Å²) in [6, 6.07) is 3.29. The minimum Gasteiger partial charge on any atom is -0.369 e. The maximum atomic E-state index is 12.7. The highest BCUT2D eigenvalue weighted by atomic mass is 19.2. The number of hydrogen-bond acceptors (Lipinski definition) is 1. The van der Waals surface area contributed by atoms with E-state index in [0.29, 0.717) is 5.56 Å². The van der Waals surface area contributed by atoms with Gasteiger partial charge in [0.25, 0.3) is 0 Å². The highest BCUT2D eigenvalue weighted by molar-refractivity contribution is 5.81. The molecule has 0 spiro atoms. The van der Waals surface area contributed by atoms with Crippen molar-refractivity contribution in [3.05, 3.63) is 35.4 Å². The van der Waals surface area contributed by atoms with Crippen LogP contribution in [0, 0.1) is 11.6 Å². The van der Waals surface area contributed by atoms with E-state index in [9.17, 15) is 13.6 Å². The number of amides is 1. The lowest BCUT2D eigenvalue weighted by Gasteiger charge is -2.06. The van der Waals surface area contributed by atoms with Crippen molar-refractivity contribution >= 4 is 5.91 Å². The van der Waals surface area contributed by atoms with Crippen molar-refractivity contribution in [3.63, 3.8) is 0 Å². The van der Waals surface area contributed by atoms with E-state index in [1.165, 1.54) is 13.0 Å². The van der Waals surface area contributed by atoms with Crippen molar-refractivity contribution in [2.24, 2.45) is 5.73 Å². The van der Waals surface area contributed by atoms with Gasteiger partial charge in [-0.25, -0.2) is 8.78 Å². The van der Waals surface area contributed by atoms with Gasteiger partial charge in [0.15, 0.2) is 11.6 Å².